The Balaban J connectivity index is 2.38. The fraction of sp³-hybridized carbons (Fsp3) is 0.417. The summed E-state index contributed by atoms with van der Waals surface area (Å²) in [4.78, 5) is 11.8. The molecule has 0 amide bonds. The maximum Gasteiger partial charge on any atom is 0.166 e. The van der Waals surface area contributed by atoms with Gasteiger partial charge in [0.1, 0.15) is 0 Å². The third-order valence-corrected chi connectivity index (χ3v) is 2.86. The molecular formula is C12H14O. The molecule has 1 nitrogen and oxygen atoms in total. The van der Waals surface area contributed by atoms with Crippen LogP contribution in [0.3, 0.4) is 0 Å². The SMILES string of the molecule is CC(C)[C@H]1Cc2ccccc2C1=O. The van der Waals surface area contributed by atoms with E-state index in [9.17, 15) is 4.79 Å². The van der Waals surface area contributed by atoms with E-state index in [1.165, 1.54) is 5.56 Å². The van der Waals surface area contributed by atoms with Crippen molar-refractivity contribution in [1.29, 1.82) is 0 Å². The normalized spacial score (nSPS) is 20.8. The maximum atomic E-state index is 11.8. The lowest BCUT2D eigenvalue weighted by Crippen LogP contribution is -2.15. The number of fused-ring (bicyclic) bond motifs is 1. The molecule has 68 valence electrons. The highest BCUT2D eigenvalue weighted by Gasteiger charge is 2.31. The Labute approximate surface area is 78.8 Å². The third-order valence-electron chi connectivity index (χ3n) is 2.86. The molecule has 0 bridgehead atoms. The zero-order valence-electron chi connectivity index (χ0n) is 8.08. The van der Waals surface area contributed by atoms with Crippen molar-refractivity contribution in [2.75, 3.05) is 0 Å². The van der Waals surface area contributed by atoms with Gasteiger partial charge in [0.25, 0.3) is 0 Å². The van der Waals surface area contributed by atoms with E-state index in [-0.39, 0.29) is 5.92 Å². The van der Waals surface area contributed by atoms with Crippen LogP contribution in [-0.4, -0.2) is 5.78 Å². The predicted octanol–water partition coefficient (Wildman–Crippen LogP) is 2.70. The molecule has 0 saturated carbocycles. The van der Waals surface area contributed by atoms with E-state index < -0.39 is 0 Å². The molecule has 1 heteroatoms. The number of Topliss-reactive ketones (excluding diaryl/α,β-unsaturated/α-hetero) is 1. The van der Waals surface area contributed by atoms with E-state index in [2.05, 4.69) is 19.9 Å². The van der Waals surface area contributed by atoms with E-state index in [0.29, 0.717) is 11.7 Å². The van der Waals surface area contributed by atoms with E-state index in [1.54, 1.807) is 0 Å². The number of benzene rings is 1. The van der Waals surface area contributed by atoms with E-state index in [0.717, 1.165) is 12.0 Å². The average molecular weight is 174 g/mol. The van der Waals surface area contributed by atoms with Crippen LogP contribution >= 0.6 is 0 Å². The summed E-state index contributed by atoms with van der Waals surface area (Å²) in [6.45, 7) is 4.24. The first-order valence-electron chi connectivity index (χ1n) is 4.82. The van der Waals surface area contributed by atoms with E-state index >= 15 is 0 Å². The molecular weight excluding hydrogens is 160 g/mol. The summed E-state index contributed by atoms with van der Waals surface area (Å²) in [6, 6.07) is 7.96. The van der Waals surface area contributed by atoms with Crippen LogP contribution in [0.1, 0.15) is 29.8 Å². The van der Waals surface area contributed by atoms with Gasteiger partial charge in [-0.25, -0.2) is 0 Å². The number of hydrogen-bond donors (Lipinski definition) is 0. The first-order chi connectivity index (χ1) is 6.20. The van der Waals surface area contributed by atoms with Crippen molar-refractivity contribution >= 4 is 5.78 Å². The van der Waals surface area contributed by atoms with Crippen molar-refractivity contribution in [1.82, 2.24) is 0 Å². The molecule has 0 heterocycles. The van der Waals surface area contributed by atoms with Gasteiger partial charge in [-0.2, -0.15) is 0 Å². The molecule has 0 N–H and O–H groups in total. The summed E-state index contributed by atoms with van der Waals surface area (Å²) >= 11 is 0. The Bertz CT molecular complexity index is 339. The van der Waals surface area contributed by atoms with Crippen LogP contribution < -0.4 is 0 Å². The van der Waals surface area contributed by atoms with Gasteiger partial charge in [-0.05, 0) is 17.9 Å². The van der Waals surface area contributed by atoms with Crippen LogP contribution in [0.5, 0.6) is 0 Å². The van der Waals surface area contributed by atoms with Gasteiger partial charge in [0.15, 0.2) is 5.78 Å². The fourth-order valence-electron chi connectivity index (χ4n) is 2.01. The Morgan fingerprint density at radius 2 is 2.00 bits per heavy atom. The number of hydrogen-bond acceptors (Lipinski definition) is 1. The average Bonchev–Trinajstić information content (AvgIpc) is 2.45. The Kier molecular flexibility index (Phi) is 1.95. The van der Waals surface area contributed by atoms with E-state index in [1.807, 2.05) is 18.2 Å². The molecule has 13 heavy (non-hydrogen) atoms. The lowest BCUT2D eigenvalue weighted by atomic mass is 9.92. The largest absolute Gasteiger partial charge is 0.294 e. The van der Waals surface area contributed by atoms with Crippen LogP contribution in [0, 0.1) is 11.8 Å². The topological polar surface area (TPSA) is 17.1 Å². The molecule has 1 aliphatic carbocycles. The molecule has 0 aliphatic heterocycles. The van der Waals surface area contributed by atoms with Gasteiger partial charge in [-0.15, -0.1) is 0 Å². The minimum absolute atomic E-state index is 0.220. The number of ketones is 1. The van der Waals surface area contributed by atoms with Crippen LogP contribution in [0.15, 0.2) is 24.3 Å². The maximum absolute atomic E-state index is 11.8. The zero-order chi connectivity index (χ0) is 9.42. The molecule has 0 unspecified atom stereocenters. The van der Waals surface area contributed by atoms with Gasteiger partial charge in [-0.3, -0.25) is 4.79 Å². The summed E-state index contributed by atoms with van der Waals surface area (Å²) in [5.41, 5.74) is 2.17. The van der Waals surface area contributed by atoms with Crippen molar-refractivity contribution in [3.8, 4) is 0 Å². The lowest BCUT2D eigenvalue weighted by molar-refractivity contribution is 0.0906. The first kappa shape index (κ1) is 8.49. The second-order valence-electron chi connectivity index (χ2n) is 4.08. The highest BCUT2D eigenvalue weighted by atomic mass is 16.1. The molecule has 0 radical (unpaired) electrons. The van der Waals surface area contributed by atoms with Gasteiger partial charge in [-0.1, -0.05) is 38.1 Å². The van der Waals surface area contributed by atoms with Gasteiger partial charge < -0.3 is 0 Å². The quantitative estimate of drug-likeness (QED) is 0.639. The monoisotopic (exact) mass is 174 g/mol. The summed E-state index contributed by atoms with van der Waals surface area (Å²) in [7, 11) is 0. The Hall–Kier alpha value is -1.11. The molecule has 1 atom stereocenters. The Morgan fingerprint density at radius 1 is 1.31 bits per heavy atom. The summed E-state index contributed by atoms with van der Waals surface area (Å²) in [5.74, 6) is 1.02. The van der Waals surface area contributed by atoms with Crippen LogP contribution in [0.2, 0.25) is 0 Å². The third kappa shape index (κ3) is 1.28. The fourth-order valence-corrected chi connectivity index (χ4v) is 2.01. The molecule has 0 fully saturated rings. The van der Waals surface area contributed by atoms with Crippen molar-refractivity contribution in [2.24, 2.45) is 11.8 Å². The molecule has 0 aromatic heterocycles. The Morgan fingerprint density at radius 3 is 2.62 bits per heavy atom. The summed E-state index contributed by atoms with van der Waals surface area (Å²) < 4.78 is 0. The standard InChI is InChI=1S/C12H14O/c1-8(2)11-7-9-5-3-4-6-10(9)12(11)13/h3-6,8,11H,7H2,1-2H3/t11-/m1/s1. The molecule has 1 aromatic carbocycles. The van der Waals surface area contributed by atoms with Crippen LogP contribution in [0.4, 0.5) is 0 Å². The number of rotatable bonds is 1. The number of carbonyl (C=O) groups is 1. The number of carbonyl (C=O) groups excluding carboxylic acids is 1. The van der Waals surface area contributed by atoms with Crippen molar-refractivity contribution in [2.45, 2.75) is 20.3 Å². The molecule has 1 aliphatic rings. The van der Waals surface area contributed by atoms with E-state index in [4.69, 9.17) is 0 Å². The lowest BCUT2D eigenvalue weighted by Gasteiger charge is -2.10. The smallest absolute Gasteiger partial charge is 0.166 e. The molecule has 0 saturated heterocycles. The minimum Gasteiger partial charge on any atom is -0.294 e. The first-order valence-corrected chi connectivity index (χ1v) is 4.82. The van der Waals surface area contributed by atoms with Gasteiger partial charge in [0.2, 0.25) is 0 Å². The predicted molar refractivity (Wildman–Crippen MR) is 52.8 cm³/mol. The molecule has 2 rings (SSSR count). The molecule has 0 spiro atoms. The van der Waals surface area contributed by atoms with Gasteiger partial charge >= 0.3 is 0 Å². The van der Waals surface area contributed by atoms with Gasteiger partial charge in [0.05, 0.1) is 0 Å². The van der Waals surface area contributed by atoms with Crippen molar-refractivity contribution in [3.05, 3.63) is 35.4 Å². The zero-order valence-corrected chi connectivity index (χ0v) is 8.08. The van der Waals surface area contributed by atoms with Crippen molar-refractivity contribution < 1.29 is 4.79 Å². The summed E-state index contributed by atoms with van der Waals surface area (Å²) in [5, 5.41) is 0. The van der Waals surface area contributed by atoms with Gasteiger partial charge in [0, 0.05) is 11.5 Å². The highest BCUT2D eigenvalue weighted by molar-refractivity contribution is 6.02. The summed E-state index contributed by atoms with van der Waals surface area (Å²) in [6.07, 6.45) is 0.937. The highest BCUT2D eigenvalue weighted by Crippen LogP contribution is 2.30. The minimum atomic E-state index is 0.220. The second-order valence-corrected chi connectivity index (χ2v) is 4.08. The second kappa shape index (κ2) is 2.99. The van der Waals surface area contributed by atoms with Crippen molar-refractivity contribution in [3.63, 3.8) is 0 Å². The van der Waals surface area contributed by atoms with Crippen LogP contribution in [0.25, 0.3) is 0 Å². The molecule has 1 aromatic rings. The van der Waals surface area contributed by atoms with Crippen LogP contribution in [-0.2, 0) is 6.42 Å².